The molecule has 0 aliphatic rings. The zero-order chi connectivity index (χ0) is 13.0. The third-order valence-corrected chi connectivity index (χ3v) is 2.67. The first-order valence-electron chi connectivity index (χ1n) is 6.02. The summed E-state index contributed by atoms with van der Waals surface area (Å²) in [5.41, 5.74) is 1.47. The molecule has 0 unspecified atom stereocenters. The molecule has 1 aromatic carbocycles. The molecule has 0 N–H and O–H groups in total. The van der Waals surface area contributed by atoms with Gasteiger partial charge in [-0.2, -0.15) is 10.2 Å². The number of benzene rings is 1. The van der Waals surface area contributed by atoms with E-state index in [2.05, 4.69) is 30.1 Å². The van der Waals surface area contributed by atoms with Crippen molar-refractivity contribution in [2.24, 2.45) is 5.92 Å². The van der Waals surface area contributed by atoms with Crippen LogP contribution in [0.5, 0.6) is 0 Å². The zero-order valence-electron chi connectivity index (χ0n) is 10.6. The summed E-state index contributed by atoms with van der Waals surface area (Å²) in [5.74, 6) is 1.88. The van der Waals surface area contributed by atoms with Crippen molar-refractivity contribution in [2.75, 3.05) is 0 Å². The molecule has 0 saturated carbocycles. The molecule has 1 aromatic heterocycles. The van der Waals surface area contributed by atoms with E-state index in [1.54, 1.807) is 12.1 Å². The highest BCUT2D eigenvalue weighted by molar-refractivity contribution is 5.54. The molecule has 2 rings (SSSR count). The van der Waals surface area contributed by atoms with Gasteiger partial charge in [-0.25, -0.2) is 0 Å². The van der Waals surface area contributed by atoms with Crippen LogP contribution in [-0.4, -0.2) is 10.1 Å². The van der Waals surface area contributed by atoms with Gasteiger partial charge >= 0.3 is 0 Å². The first kappa shape index (κ1) is 12.3. The maximum absolute atomic E-state index is 8.72. The second kappa shape index (κ2) is 5.46. The van der Waals surface area contributed by atoms with Gasteiger partial charge in [-0.05, 0) is 36.6 Å². The highest BCUT2D eigenvalue weighted by Gasteiger charge is 2.09. The Kier molecular flexibility index (Phi) is 3.73. The van der Waals surface area contributed by atoms with Crippen LogP contribution in [0.2, 0.25) is 0 Å². The Hall–Kier alpha value is -2.15. The van der Waals surface area contributed by atoms with Gasteiger partial charge < -0.3 is 4.52 Å². The fraction of sp³-hybridized carbons (Fsp3) is 0.357. The summed E-state index contributed by atoms with van der Waals surface area (Å²) in [6.07, 6.45) is 1.88. The third-order valence-electron chi connectivity index (χ3n) is 2.67. The quantitative estimate of drug-likeness (QED) is 0.824. The minimum Gasteiger partial charge on any atom is -0.334 e. The summed E-state index contributed by atoms with van der Waals surface area (Å²) >= 11 is 0. The topological polar surface area (TPSA) is 62.7 Å². The Labute approximate surface area is 106 Å². The van der Waals surface area contributed by atoms with Gasteiger partial charge in [0.1, 0.15) is 0 Å². The molecule has 0 fully saturated rings. The largest absolute Gasteiger partial charge is 0.334 e. The number of hydrogen-bond acceptors (Lipinski definition) is 4. The molecule has 2 aromatic rings. The summed E-state index contributed by atoms with van der Waals surface area (Å²) in [4.78, 5) is 4.35. The van der Waals surface area contributed by atoms with Gasteiger partial charge in [0.15, 0.2) is 5.82 Å². The van der Waals surface area contributed by atoms with E-state index in [-0.39, 0.29) is 0 Å². The van der Waals surface area contributed by atoms with Crippen LogP contribution in [0.3, 0.4) is 0 Å². The van der Waals surface area contributed by atoms with Crippen molar-refractivity contribution in [1.29, 1.82) is 5.26 Å². The van der Waals surface area contributed by atoms with E-state index in [4.69, 9.17) is 9.78 Å². The molecule has 0 spiro atoms. The van der Waals surface area contributed by atoms with Crippen LogP contribution in [0.25, 0.3) is 11.5 Å². The lowest BCUT2D eigenvalue weighted by atomic mass is 10.1. The van der Waals surface area contributed by atoms with E-state index in [9.17, 15) is 0 Å². The number of nitrogens with zero attached hydrogens (tertiary/aromatic N) is 3. The number of nitriles is 1. The van der Waals surface area contributed by atoms with Crippen molar-refractivity contribution in [3.05, 3.63) is 35.7 Å². The van der Waals surface area contributed by atoms with E-state index >= 15 is 0 Å². The Morgan fingerprint density at radius 2 is 2.00 bits per heavy atom. The van der Waals surface area contributed by atoms with Crippen LogP contribution in [0.1, 0.15) is 31.7 Å². The SMILES string of the molecule is CC(C)CCc1noc(-c2ccc(C#N)cc2)n1. The maximum atomic E-state index is 8.72. The molecular formula is C14H15N3O. The summed E-state index contributed by atoms with van der Waals surface area (Å²) in [6.45, 7) is 4.34. The van der Waals surface area contributed by atoms with Crippen molar-refractivity contribution >= 4 is 0 Å². The number of hydrogen-bond donors (Lipinski definition) is 0. The lowest BCUT2D eigenvalue weighted by Crippen LogP contribution is -1.93. The van der Waals surface area contributed by atoms with Crippen molar-refractivity contribution < 1.29 is 4.52 Å². The Morgan fingerprint density at radius 3 is 2.61 bits per heavy atom. The summed E-state index contributed by atoms with van der Waals surface area (Å²) < 4.78 is 5.21. The van der Waals surface area contributed by atoms with Crippen molar-refractivity contribution in [1.82, 2.24) is 10.1 Å². The van der Waals surface area contributed by atoms with Gasteiger partial charge in [0.05, 0.1) is 11.6 Å². The van der Waals surface area contributed by atoms with Crippen LogP contribution in [0, 0.1) is 17.2 Å². The molecule has 18 heavy (non-hydrogen) atoms. The molecule has 0 amide bonds. The van der Waals surface area contributed by atoms with Crippen LogP contribution >= 0.6 is 0 Å². The lowest BCUT2D eigenvalue weighted by molar-refractivity contribution is 0.419. The second-order valence-corrected chi connectivity index (χ2v) is 4.64. The molecular weight excluding hydrogens is 226 g/mol. The Morgan fingerprint density at radius 1 is 1.28 bits per heavy atom. The monoisotopic (exact) mass is 241 g/mol. The van der Waals surface area contributed by atoms with Gasteiger partial charge in [0.25, 0.3) is 5.89 Å². The van der Waals surface area contributed by atoms with Gasteiger partial charge in [-0.1, -0.05) is 19.0 Å². The first-order valence-corrected chi connectivity index (χ1v) is 6.02. The average molecular weight is 241 g/mol. The first-order chi connectivity index (χ1) is 8.69. The van der Waals surface area contributed by atoms with Gasteiger partial charge in [-0.3, -0.25) is 0 Å². The Bertz CT molecular complexity index is 549. The van der Waals surface area contributed by atoms with Crippen molar-refractivity contribution in [2.45, 2.75) is 26.7 Å². The van der Waals surface area contributed by atoms with Gasteiger partial charge in [0, 0.05) is 12.0 Å². The fourth-order valence-electron chi connectivity index (χ4n) is 1.58. The fourth-order valence-corrected chi connectivity index (χ4v) is 1.58. The minimum absolute atomic E-state index is 0.512. The van der Waals surface area contributed by atoms with Crippen molar-refractivity contribution in [3.63, 3.8) is 0 Å². The van der Waals surface area contributed by atoms with Gasteiger partial charge in [0.2, 0.25) is 0 Å². The predicted molar refractivity (Wildman–Crippen MR) is 67.6 cm³/mol. The highest BCUT2D eigenvalue weighted by atomic mass is 16.5. The van der Waals surface area contributed by atoms with Crippen LogP contribution in [0.15, 0.2) is 28.8 Å². The summed E-state index contributed by atoms with van der Waals surface area (Å²) in [5, 5.41) is 12.7. The normalized spacial score (nSPS) is 10.6. The van der Waals surface area contributed by atoms with E-state index in [1.807, 2.05) is 12.1 Å². The second-order valence-electron chi connectivity index (χ2n) is 4.64. The predicted octanol–water partition coefficient (Wildman–Crippen LogP) is 3.20. The third kappa shape index (κ3) is 2.95. The molecule has 0 aliphatic carbocycles. The molecule has 1 heterocycles. The Balaban J connectivity index is 2.11. The highest BCUT2D eigenvalue weighted by Crippen LogP contribution is 2.18. The van der Waals surface area contributed by atoms with Crippen LogP contribution in [-0.2, 0) is 6.42 Å². The summed E-state index contributed by atoms with van der Waals surface area (Å²) in [7, 11) is 0. The molecule has 0 atom stereocenters. The molecule has 4 heteroatoms. The maximum Gasteiger partial charge on any atom is 0.257 e. The molecule has 4 nitrogen and oxygen atoms in total. The molecule has 92 valence electrons. The minimum atomic E-state index is 0.512. The number of aryl methyl sites for hydroxylation is 1. The molecule has 0 saturated heterocycles. The standard InChI is InChI=1S/C14H15N3O/c1-10(2)3-8-13-16-14(18-17-13)12-6-4-11(9-15)5-7-12/h4-7,10H,3,8H2,1-2H3. The van der Waals surface area contributed by atoms with Crippen LogP contribution < -0.4 is 0 Å². The average Bonchev–Trinajstić information content (AvgIpc) is 2.85. The smallest absolute Gasteiger partial charge is 0.257 e. The molecule has 0 aliphatic heterocycles. The number of rotatable bonds is 4. The van der Waals surface area contributed by atoms with Gasteiger partial charge in [-0.15, -0.1) is 0 Å². The van der Waals surface area contributed by atoms with E-state index in [0.29, 0.717) is 17.4 Å². The molecule has 0 radical (unpaired) electrons. The lowest BCUT2D eigenvalue weighted by Gasteiger charge is -1.98. The van der Waals surface area contributed by atoms with Crippen LogP contribution in [0.4, 0.5) is 0 Å². The van der Waals surface area contributed by atoms with E-state index < -0.39 is 0 Å². The van der Waals surface area contributed by atoms with E-state index in [0.717, 1.165) is 24.2 Å². The van der Waals surface area contributed by atoms with E-state index in [1.165, 1.54) is 0 Å². The zero-order valence-corrected chi connectivity index (χ0v) is 10.6. The number of aromatic nitrogens is 2. The summed E-state index contributed by atoms with van der Waals surface area (Å²) in [6, 6.07) is 9.20. The van der Waals surface area contributed by atoms with Crippen molar-refractivity contribution in [3.8, 4) is 17.5 Å². The molecule has 0 bridgehead atoms.